The van der Waals surface area contributed by atoms with Crippen LogP contribution < -0.4 is 0 Å². The van der Waals surface area contributed by atoms with Crippen LogP contribution in [0.25, 0.3) is 0 Å². The zero-order valence-electron chi connectivity index (χ0n) is 7.48. The van der Waals surface area contributed by atoms with Gasteiger partial charge >= 0.3 is 0 Å². The minimum absolute atomic E-state index is 0.433. The van der Waals surface area contributed by atoms with E-state index in [1.165, 1.54) is 6.92 Å². The molecule has 0 nitrogen and oxygen atoms in total. The Morgan fingerprint density at radius 1 is 0.800 bits per heavy atom. The maximum Gasteiger partial charge on any atom is 0.222 e. The first-order valence-electron chi connectivity index (χ1n) is 3.35. The van der Waals surface area contributed by atoms with Crippen molar-refractivity contribution in [3.8, 4) is 0 Å². The minimum atomic E-state index is -1.61. The highest BCUT2D eigenvalue weighted by Gasteiger charge is 2.41. The van der Waals surface area contributed by atoms with Crippen molar-refractivity contribution in [2.75, 3.05) is 0 Å². The van der Waals surface area contributed by atoms with Crippen molar-refractivity contribution in [1.29, 1.82) is 0 Å². The van der Waals surface area contributed by atoms with E-state index in [1.54, 1.807) is 6.92 Å². The zero-order chi connectivity index (χ0) is 13.1. The molecule has 0 bridgehead atoms. The first-order chi connectivity index (χ1) is 6.19. The third-order valence-corrected chi connectivity index (χ3v) is 4.87. The van der Waals surface area contributed by atoms with Crippen molar-refractivity contribution < 1.29 is 0 Å². The van der Waals surface area contributed by atoms with E-state index in [9.17, 15) is 0 Å². The van der Waals surface area contributed by atoms with E-state index in [-0.39, 0.29) is 0 Å². The molecule has 0 aromatic carbocycles. The molecule has 0 rings (SSSR count). The van der Waals surface area contributed by atoms with Crippen molar-refractivity contribution in [3.63, 3.8) is 0 Å². The van der Waals surface area contributed by atoms with Gasteiger partial charge in [0.2, 0.25) is 7.59 Å². The molecule has 0 N–H and O–H groups in total. The van der Waals surface area contributed by atoms with Gasteiger partial charge in [-0.05, 0) is 13.8 Å². The number of alkyl halides is 9. The van der Waals surface area contributed by atoms with Crippen LogP contribution in [-0.4, -0.2) is 17.3 Å². The number of hydrogen-bond acceptors (Lipinski definition) is 0. The molecule has 0 spiro atoms. The first kappa shape index (κ1) is 19.9. The van der Waals surface area contributed by atoms with Gasteiger partial charge in [-0.25, -0.2) is 0 Å². The van der Waals surface area contributed by atoms with E-state index >= 15 is 0 Å². The van der Waals surface area contributed by atoms with Gasteiger partial charge in [0.05, 0.1) is 5.38 Å². The molecule has 0 heterocycles. The van der Waals surface area contributed by atoms with Gasteiger partial charge in [-0.3, -0.25) is 0 Å². The van der Waals surface area contributed by atoms with E-state index < -0.39 is 17.3 Å². The van der Waals surface area contributed by atoms with Gasteiger partial charge in [0.25, 0.3) is 0 Å². The fourth-order valence-electron chi connectivity index (χ4n) is 0. The lowest BCUT2D eigenvalue weighted by Gasteiger charge is -2.21. The molecule has 0 fully saturated rings. The van der Waals surface area contributed by atoms with E-state index in [1.807, 2.05) is 0 Å². The SMILES string of the molecule is CC(Cl)(Cl)C(Cl)(Cl)Cl.CC(Cl)C(Cl)(Cl)Cl. The average molecular weight is 398 g/mol. The number of rotatable bonds is 0. The van der Waals surface area contributed by atoms with Crippen molar-refractivity contribution in [2.24, 2.45) is 0 Å². The Morgan fingerprint density at radius 2 is 0.933 bits per heavy atom. The summed E-state index contributed by atoms with van der Waals surface area (Å²) in [5, 5.41) is -0.433. The molecular formula is C6H7Cl9. The second kappa shape index (κ2) is 7.26. The topological polar surface area (TPSA) is 0 Å². The van der Waals surface area contributed by atoms with Crippen LogP contribution in [-0.2, 0) is 0 Å². The van der Waals surface area contributed by atoms with Gasteiger partial charge in [-0.15, -0.1) is 11.6 Å². The third-order valence-electron chi connectivity index (χ3n) is 0.949. The summed E-state index contributed by atoms with van der Waals surface area (Å²) in [5.41, 5.74) is 0. The number of hydrogen-bond donors (Lipinski definition) is 0. The average Bonchev–Trinajstić information content (AvgIpc) is 1.80. The van der Waals surface area contributed by atoms with Gasteiger partial charge in [-0.1, -0.05) is 92.8 Å². The summed E-state index contributed by atoms with van der Waals surface area (Å²) >= 11 is 47.7. The normalized spacial score (nSPS) is 15.4. The van der Waals surface area contributed by atoms with Crippen molar-refractivity contribution in [3.05, 3.63) is 0 Å². The van der Waals surface area contributed by atoms with Gasteiger partial charge in [0, 0.05) is 0 Å². The molecule has 0 saturated heterocycles. The summed E-state index contributed by atoms with van der Waals surface area (Å²) in [6, 6.07) is 0. The second-order valence-corrected chi connectivity index (χ2v) is 9.55. The molecule has 15 heavy (non-hydrogen) atoms. The van der Waals surface area contributed by atoms with Crippen molar-refractivity contribution >= 4 is 104 Å². The van der Waals surface area contributed by atoms with Gasteiger partial charge in [-0.2, -0.15) is 0 Å². The Morgan fingerprint density at radius 3 is 0.933 bits per heavy atom. The summed E-state index contributed by atoms with van der Waals surface area (Å²) in [5.74, 6) is 0. The van der Waals surface area contributed by atoms with E-state index in [0.717, 1.165) is 0 Å². The van der Waals surface area contributed by atoms with Crippen LogP contribution in [0, 0.1) is 0 Å². The molecule has 9 heteroatoms. The van der Waals surface area contributed by atoms with Crippen molar-refractivity contribution in [2.45, 2.75) is 31.1 Å². The first-order valence-corrected chi connectivity index (χ1v) is 6.81. The molecule has 0 amide bonds. The van der Waals surface area contributed by atoms with Gasteiger partial charge in [0.15, 0.2) is 4.33 Å². The summed E-state index contributed by atoms with van der Waals surface area (Å²) in [6.45, 7) is 3.03. The third kappa shape index (κ3) is 11.4. The van der Waals surface area contributed by atoms with Crippen LogP contribution in [0.15, 0.2) is 0 Å². The van der Waals surface area contributed by atoms with Crippen LogP contribution in [0.4, 0.5) is 0 Å². The van der Waals surface area contributed by atoms with Crippen LogP contribution in [0.3, 0.4) is 0 Å². The van der Waals surface area contributed by atoms with Gasteiger partial charge < -0.3 is 0 Å². The number of halogens is 9. The lowest BCUT2D eigenvalue weighted by molar-refractivity contribution is 0.895. The smallest absolute Gasteiger partial charge is 0.119 e. The Labute approximate surface area is 134 Å². The molecule has 1 atom stereocenters. The highest BCUT2D eigenvalue weighted by Crippen LogP contribution is 2.45. The fourth-order valence-corrected chi connectivity index (χ4v) is 0. The Kier molecular flexibility index (Phi) is 9.65. The highest BCUT2D eigenvalue weighted by molar-refractivity contribution is 6.75. The molecule has 0 radical (unpaired) electrons. The molecule has 1 unspecified atom stereocenters. The zero-order valence-corrected chi connectivity index (χ0v) is 14.3. The molecule has 0 aromatic heterocycles. The molecule has 94 valence electrons. The van der Waals surface area contributed by atoms with E-state index in [2.05, 4.69) is 0 Å². The molecular weight excluding hydrogens is 391 g/mol. The standard InChI is InChI=1S/C3H3Cl5.C3H4Cl4/c1-2(4,5)3(6,7)8;1-2(4)3(5,6)7/h1H3;2H,1H3. The quantitative estimate of drug-likeness (QED) is 0.407. The molecule has 0 aliphatic carbocycles. The van der Waals surface area contributed by atoms with Crippen LogP contribution in [0.2, 0.25) is 0 Å². The lowest BCUT2D eigenvalue weighted by Crippen LogP contribution is -2.26. The molecule has 0 aliphatic rings. The Hall–Kier alpha value is 2.61. The Balaban J connectivity index is 0. The largest absolute Gasteiger partial charge is 0.222 e. The summed E-state index contributed by atoms with van der Waals surface area (Å²) in [4.78, 5) is 0. The van der Waals surface area contributed by atoms with E-state index in [4.69, 9.17) is 104 Å². The molecule has 0 aromatic rings. The maximum absolute atomic E-state index is 5.38. The molecule has 0 aliphatic heterocycles. The fraction of sp³-hybridized carbons (Fsp3) is 1.00. The predicted molar refractivity (Wildman–Crippen MR) is 76.0 cm³/mol. The monoisotopic (exact) mass is 394 g/mol. The summed E-state index contributed by atoms with van der Waals surface area (Å²) in [6.07, 6.45) is 0. The highest BCUT2D eigenvalue weighted by atomic mass is 35.6. The predicted octanol–water partition coefficient (Wildman–Crippen LogP) is 6.53. The van der Waals surface area contributed by atoms with Crippen LogP contribution in [0.1, 0.15) is 13.8 Å². The van der Waals surface area contributed by atoms with Crippen molar-refractivity contribution in [1.82, 2.24) is 0 Å². The van der Waals surface area contributed by atoms with Crippen LogP contribution >= 0.6 is 104 Å². The Bertz CT molecular complexity index is 157. The van der Waals surface area contributed by atoms with E-state index in [0.29, 0.717) is 0 Å². The second-order valence-electron chi connectivity index (χ2n) is 2.54. The van der Waals surface area contributed by atoms with Crippen LogP contribution in [0.5, 0.6) is 0 Å². The summed E-state index contributed by atoms with van der Waals surface area (Å²) in [7, 11) is 0. The van der Waals surface area contributed by atoms with Gasteiger partial charge in [0.1, 0.15) is 0 Å². The molecule has 0 saturated carbocycles. The maximum atomic E-state index is 5.38. The summed E-state index contributed by atoms with van der Waals surface area (Å²) < 4.78 is -4.25. The lowest BCUT2D eigenvalue weighted by atomic mass is 10.5. The minimum Gasteiger partial charge on any atom is -0.119 e.